The third-order valence-electron chi connectivity index (χ3n) is 2.94. The van der Waals surface area contributed by atoms with E-state index < -0.39 is 4.92 Å². The van der Waals surface area contributed by atoms with Crippen LogP contribution >= 0.6 is 27.3 Å². The first-order valence-corrected chi connectivity index (χ1v) is 7.13. The fourth-order valence-corrected chi connectivity index (χ4v) is 3.16. The summed E-state index contributed by atoms with van der Waals surface area (Å²) in [4.78, 5) is 22.3. The van der Waals surface area contributed by atoms with Crippen molar-refractivity contribution in [3.63, 3.8) is 0 Å². The highest BCUT2D eigenvalue weighted by Gasteiger charge is 2.37. The van der Waals surface area contributed by atoms with Gasteiger partial charge in [-0.25, -0.2) is 0 Å². The van der Waals surface area contributed by atoms with E-state index in [1.165, 1.54) is 12.1 Å². The molecule has 1 aliphatic rings. The molecule has 0 aromatic carbocycles. The zero-order valence-corrected chi connectivity index (χ0v) is 11.3. The first kappa shape index (κ1) is 12.5. The van der Waals surface area contributed by atoms with Crippen molar-refractivity contribution in [2.45, 2.75) is 24.8 Å². The summed E-state index contributed by atoms with van der Waals surface area (Å²) in [6.07, 6.45) is 3.02. The Morgan fingerprint density at radius 2 is 2.29 bits per heavy atom. The van der Waals surface area contributed by atoms with Gasteiger partial charge in [0.2, 0.25) is 0 Å². The summed E-state index contributed by atoms with van der Waals surface area (Å²) in [5.74, 6) is -0.220. The van der Waals surface area contributed by atoms with Gasteiger partial charge in [-0.3, -0.25) is 14.9 Å². The number of carbonyl (C=O) groups excluding carboxylic acids is 1. The Labute approximate surface area is 110 Å². The first-order chi connectivity index (χ1) is 8.06. The number of thiophene rings is 1. The second kappa shape index (κ2) is 4.73. The Kier molecular flexibility index (Phi) is 3.48. The zero-order valence-electron chi connectivity index (χ0n) is 8.94. The van der Waals surface area contributed by atoms with E-state index in [-0.39, 0.29) is 16.4 Å². The van der Waals surface area contributed by atoms with E-state index >= 15 is 0 Å². The van der Waals surface area contributed by atoms with Crippen molar-refractivity contribution in [2.24, 2.45) is 0 Å². The van der Waals surface area contributed by atoms with Crippen LogP contribution in [0.15, 0.2) is 12.1 Å². The smallest absolute Gasteiger partial charge is 0.324 e. The van der Waals surface area contributed by atoms with E-state index in [0.29, 0.717) is 4.88 Å². The summed E-state index contributed by atoms with van der Waals surface area (Å²) < 4.78 is 0. The number of alkyl halides is 1. The van der Waals surface area contributed by atoms with Crippen LogP contribution in [0.4, 0.5) is 5.00 Å². The maximum atomic E-state index is 11.9. The molecule has 92 valence electrons. The van der Waals surface area contributed by atoms with Crippen molar-refractivity contribution in [3.8, 4) is 0 Å². The summed E-state index contributed by atoms with van der Waals surface area (Å²) in [6.45, 7) is 0. The Morgan fingerprint density at radius 3 is 2.71 bits per heavy atom. The lowest BCUT2D eigenvalue weighted by Gasteiger charge is -2.41. The van der Waals surface area contributed by atoms with Gasteiger partial charge >= 0.3 is 5.00 Å². The summed E-state index contributed by atoms with van der Waals surface area (Å²) in [5.41, 5.74) is -0.157. The van der Waals surface area contributed by atoms with Crippen molar-refractivity contribution in [1.29, 1.82) is 0 Å². The number of nitrogens with zero attached hydrogens (tertiary/aromatic N) is 1. The van der Waals surface area contributed by atoms with Gasteiger partial charge in [0.05, 0.1) is 15.3 Å². The monoisotopic (exact) mass is 318 g/mol. The van der Waals surface area contributed by atoms with Crippen molar-refractivity contribution in [3.05, 3.63) is 27.1 Å². The number of rotatable bonds is 4. The highest BCUT2D eigenvalue weighted by atomic mass is 79.9. The van der Waals surface area contributed by atoms with Crippen molar-refractivity contribution in [1.82, 2.24) is 5.32 Å². The molecule has 5 nitrogen and oxygen atoms in total. The Morgan fingerprint density at radius 1 is 1.59 bits per heavy atom. The molecule has 0 bridgehead atoms. The van der Waals surface area contributed by atoms with Crippen molar-refractivity contribution < 1.29 is 9.72 Å². The van der Waals surface area contributed by atoms with Gasteiger partial charge in [0.25, 0.3) is 5.91 Å². The molecule has 7 heteroatoms. The van der Waals surface area contributed by atoms with Crippen LogP contribution in [-0.2, 0) is 0 Å². The molecule has 1 fully saturated rings. The van der Waals surface area contributed by atoms with E-state index in [1.807, 2.05) is 0 Å². The van der Waals surface area contributed by atoms with E-state index in [0.717, 1.165) is 35.9 Å². The number of carbonyl (C=O) groups is 1. The minimum atomic E-state index is -0.481. The van der Waals surface area contributed by atoms with Crippen LogP contribution in [0.3, 0.4) is 0 Å². The van der Waals surface area contributed by atoms with Gasteiger partial charge in [-0.05, 0) is 25.3 Å². The maximum Gasteiger partial charge on any atom is 0.324 e. The Balaban J connectivity index is 2.06. The molecule has 0 unspecified atom stereocenters. The largest absolute Gasteiger partial charge is 0.345 e. The van der Waals surface area contributed by atoms with Gasteiger partial charge in [-0.15, -0.1) is 0 Å². The molecule has 1 saturated carbocycles. The predicted octanol–water partition coefficient (Wildman–Crippen LogP) is 2.70. The Hall–Kier alpha value is -0.950. The average Bonchev–Trinajstić information content (AvgIpc) is 2.72. The molecular weight excluding hydrogens is 308 g/mol. The number of nitrogens with one attached hydrogen (secondary N) is 1. The van der Waals surface area contributed by atoms with E-state index in [9.17, 15) is 14.9 Å². The lowest BCUT2D eigenvalue weighted by Crippen LogP contribution is -2.54. The molecular formula is C10H11BrN2O3S. The molecule has 2 rings (SSSR count). The SMILES string of the molecule is O=C(NC1(CBr)CCC1)c1ccc([N+](=O)[O-])s1. The molecule has 1 aromatic rings. The normalized spacial score (nSPS) is 17.2. The molecule has 0 radical (unpaired) electrons. The number of nitro groups is 1. The summed E-state index contributed by atoms with van der Waals surface area (Å²) in [5, 5.41) is 14.2. The van der Waals surface area contributed by atoms with Crippen LogP contribution in [0, 0.1) is 10.1 Å². The van der Waals surface area contributed by atoms with E-state index in [2.05, 4.69) is 21.2 Å². The van der Waals surface area contributed by atoms with Crippen LogP contribution in [-0.4, -0.2) is 21.7 Å². The standard InChI is InChI=1S/C10H11BrN2O3S/c11-6-10(4-1-5-10)12-9(14)7-2-3-8(17-7)13(15)16/h2-3H,1,4-6H2,(H,12,14). The fourth-order valence-electron chi connectivity index (χ4n) is 1.75. The quantitative estimate of drug-likeness (QED) is 0.527. The van der Waals surface area contributed by atoms with Gasteiger partial charge in [0.15, 0.2) is 0 Å². The van der Waals surface area contributed by atoms with Crippen LogP contribution < -0.4 is 5.32 Å². The van der Waals surface area contributed by atoms with Gasteiger partial charge in [0.1, 0.15) is 0 Å². The van der Waals surface area contributed by atoms with Crippen LogP contribution in [0.5, 0.6) is 0 Å². The molecule has 1 aliphatic carbocycles. The van der Waals surface area contributed by atoms with Crippen molar-refractivity contribution in [2.75, 3.05) is 5.33 Å². The number of halogens is 1. The van der Waals surface area contributed by atoms with Gasteiger partial charge in [0, 0.05) is 11.4 Å². The van der Waals surface area contributed by atoms with Crippen LogP contribution in [0.2, 0.25) is 0 Å². The average molecular weight is 319 g/mol. The molecule has 1 N–H and O–H groups in total. The lowest BCUT2D eigenvalue weighted by atomic mass is 9.78. The molecule has 0 atom stereocenters. The van der Waals surface area contributed by atoms with Crippen LogP contribution in [0.1, 0.15) is 28.9 Å². The molecule has 1 amide bonds. The lowest BCUT2D eigenvalue weighted by molar-refractivity contribution is -0.380. The molecule has 1 aromatic heterocycles. The van der Waals surface area contributed by atoms with Gasteiger partial charge < -0.3 is 5.32 Å². The van der Waals surface area contributed by atoms with Crippen molar-refractivity contribution >= 4 is 38.2 Å². The third kappa shape index (κ3) is 2.50. The summed E-state index contributed by atoms with van der Waals surface area (Å²) in [7, 11) is 0. The molecule has 0 aliphatic heterocycles. The highest BCUT2D eigenvalue weighted by molar-refractivity contribution is 9.09. The van der Waals surface area contributed by atoms with E-state index in [1.54, 1.807) is 0 Å². The second-order valence-corrected chi connectivity index (χ2v) is 5.74. The minimum absolute atomic E-state index is 0.00310. The number of hydrogen-bond donors (Lipinski definition) is 1. The first-order valence-electron chi connectivity index (χ1n) is 5.19. The van der Waals surface area contributed by atoms with Gasteiger partial charge in [-0.2, -0.15) is 0 Å². The molecule has 1 heterocycles. The number of amides is 1. The topological polar surface area (TPSA) is 72.2 Å². The molecule has 0 saturated heterocycles. The third-order valence-corrected chi connectivity index (χ3v) is 5.05. The molecule has 0 spiro atoms. The van der Waals surface area contributed by atoms with Crippen LogP contribution in [0.25, 0.3) is 0 Å². The Bertz CT molecular complexity index is 451. The predicted molar refractivity (Wildman–Crippen MR) is 68.8 cm³/mol. The maximum absolute atomic E-state index is 11.9. The minimum Gasteiger partial charge on any atom is -0.345 e. The summed E-state index contributed by atoms with van der Waals surface area (Å²) >= 11 is 4.30. The highest BCUT2D eigenvalue weighted by Crippen LogP contribution is 2.34. The zero-order chi connectivity index (χ0) is 12.5. The molecule has 17 heavy (non-hydrogen) atoms. The second-order valence-electron chi connectivity index (χ2n) is 4.12. The summed E-state index contributed by atoms with van der Waals surface area (Å²) in [6, 6.07) is 2.86. The fraction of sp³-hybridized carbons (Fsp3) is 0.500. The number of hydrogen-bond acceptors (Lipinski definition) is 4. The van der Waals surface area contributed by atoms with Gasteiger partial charge in [-0.1, -0.05) is 27.3 Å². The van der Waals surface area contributed by atoms with E-state index in [4.69, 9.17) is 0 Å².